The van der Waals surface area contributed by atoms with Gasteiger partial charge in [0, 0.05) is 12.1 Å². The summed E-state index contributed by atoms with van der Waals surface area (Å²) in [6, 6.07) is 0.242. The molecule has 0 unspecified atom stereocenters. The maximum Gasteiger partial charge on any atom is 0.396 e. The summed E-state index contributed by atoms with van der Waals surface area (Å²) in [5, 5.41) is 7.49. The lowest BCUT2D eigenvalue weighted by Gasteiger charge is -2.30. The Morgan fingerprint density at radius 2 is 1.86 bits per heavy atom. The maximum atomic E-state index is 12.2. The van der Waals surface area contributed by atoms with E-state index in [0.717, 1.165) is 11.8 Å². The zero-order valence-corrected chi connectivity index (χ0v) is 13.8. The second kappa shape index (κ2) is 8.02. The topological polar surface area (TPSA) is 85.5 Å². The van der Waals surface area contributed by atoms with E-state index in [2.05, 4.69) is 10.2 Å². The van der Waals surface area contributed by atoms with E-state index in [4.69, 9.17) is 9.15 Å². The van der Waals surface area contributed by atoms with Gasteiger partial charge in [-0.05, 0) is 34.6 Å². The fraction of sp³-hybridized carbons (Fsp3) is 0.692. The van der Waals surface area contributed by atoms with Crippen molar-refractivity contribution in [2.24, 2.45) is 0 Å². The van der Waals surface area contributed by atoms with Crippen molar-refractivity contribution in [3.63, 3.8) is 0 Å². The number of carbonyl (C=O) groups excluding carboxylic acids is 2. The highest BCUT2D eigenvalue weighted by Crippen LogP contribution is 2.18. The number of aromatic nitrogens is 2. The van der Waals surface area contributed by atoms with Gasteiger partial charge in [0.2, 0.25) is 5.91 Å². The van der Waals surface area contributed by atoms with E-state index < -0.39 is 5.97 Å². The summed E-state index contributed by atoms with van der Waals surface area (Å²) >= 11 is 1.11. The van der Waals surface area contributed by atoms with Gasteiger partial charge in [-0.2, -0.15) is 0 Å². The molecule has 21 heavy (non-hydrogen) atoms. The molecule has 0 aliphatic carbocycles. The van der Waals surface area contributed by atoms with Crippen molar-refractivity contribution in [1.29, 1.82) is 0 Å². The maximum absolute atomic E-state index is 12.2. The van der Waals surface area contributed by atoms with E-state index in [-0.39, 0.29) is 41.5 Å². The third-order valence-corrected chi connectivity index (χ3v) is 3.38. The van der Waals surface area contributed by atoms with Crippen LogP contribution >= 0.6 is 11.8 Å². The van der Waals surface area contributed by atoms with Crippen LogP contribution in [-0.2, 0) is 9.53 Å². The molecule has 1 aromatic heterocycles. The van der Waals surface area contributed by atoms with E-state index in [1.807, 2.05) is 27.7 Å². The fourth-order valence-electron chi connectivity index (χ4n) is 1.91. The molecule has 7 nitrogen and oxygen atoms in total. The number of carbonyl (C=O) groups is 2. The third kappa shape index (κ3) is 5.04. The Hall–Kier alpha value is -1.57. The highest BCUT2D eigenvalue weighted by Gasteiger charge is 2.22. The van der Waals surface area contributed by atoms with Crippen molar-refractivity contribution in [2.45, 2.75) is 51.9 Å². The summed E-state index contributed by atoms with van der Waals surface area (Å²) in [5.41, 5.74) is 0. The molecule has 0 N–H and O–H groups in total. The van der Waals surface area contributed by atoms with Crippen molar-refractivity contribution >= 4 is 23.6 Å². The van der Waals surface area contributed by atoms with Crippen LogP contribution in [0.4, 0.5) is 0 Å². The predicted molar refractivity (Wildman–Crippen MR) is 78.1 cm³/mol. The van der Waals surface area contributed by atoms with E-state index >= 15 is 0 Å². The van der Waals surface area contributed by atoms with Gasteiger partial charge < -0.3 is 14.1 Å². The molecule has 0 aromatic carbocycles. The highest BCUT2D eigenvalue weighted by atomic mass is 32.2. The van der Waals surface area contributed by atoms with Gasteiger partial charge in [-0.25, -0.2) is 4.79 Å². The van der Waals surface area contributed by atoms with Gasteiger partial charge in [0.15, 0.2) is 0 Å². The van der Waals surface area contributed by atoms with Crippen LogP contribution in [0.25, 0.3) is 0 Å². The van der Waals surface area contributed by atoms with Crippen LogP contribution in [0.5, 0.6) is 0 Å². The second-order valence-electron chi connectivity index (χ2n) is 4.87. The van der Waals surface area contributed by atoms with E-state index in [9.17, 15) is 9.59 Å². The molecule has 8 heteroatoms. The van der Waals surface area contributed by atoms with Crippen molar-refractivity contribution < 1.29 is 18.7 Å². The van der Waals surface area contributed by atoms with Crippen LogP contribution in [0, 0.1) is 0 Å². The molecule has 0 aliphatic rings. The lowest BCUT2D eigenvalue weighted by atomic mass is 10.2. The summed E-state index contributed by atoms with van der Waals surface area (Å²) in [4.78, 5) is 25.3. The van der Waals surface area contributed by atoms with Crippen molar-refractivity contribution in [2.75, 3.05) is 12.4 Å². The smallest absolute Gasteiger partial charge is 0.396 e. The summed E-state index contributed by atoms with van der Waals surface area (Å²) in [6.45, 7) is 9.79. The average molecular weight is 315 g/mol. The van der Waals surface area contributed by atoms with Crippen molar-refractivity contribution in [3.8, 4) is 0 Å². The first-order chi connectivity index (χ1) is 9.86. The van der Waals surface area contributed by atoms with Crippen LogP contribution in [0.1, 0.15) is 45.3 Å². The van der Waals surface area contributed by atoms with Crippen molar-refractivity contribution in [1.82, 2.24) is 15.1 Å². The molecule has 1 aromatic rings. The molecule has 1 heterocycles. The Morgan fingerprint density at radius 1 is 1.24 bits per heavy atom. The number of nitrogens with zero attached hydrogens (tertiary/aromatic N) is 3. The summed E-state index contributed by atoms with van der Waals surface area (Å²) in [5.74, 6) is -0.688. The summed E-state index contributed by atoms with van der Waals surface area (Å²) < 4.78 is 9.89. The van der Waals surface area contributed by atoms with Gasteiger partial charge in [-0.1, -0.05) is 16.9 Å². The van der Waals surface area contributed by atoms with Gasteiger partial charge in [0.05, 0.1) is 12.4 Å². The number of amides is 1. The molecule has 0 bridgehead atoms. The van der Waals surface area contributed by atoms with Crippen LogP contribution < -0.4 is 0 Å². The number of rotatable bonds is 7. The minimum Gasteiger partial charge on any atom is -0.459 e. The van der Waals surface area contributed by atoms with Crippen LogP contribution in [-0.4, -0.2) is 51.4 Å². The standard InChI is InChI=1S/C13H21N3O4S/c1-6-19-12(18)11-14-15-13(20-11)21-7-10(17)16(8(2)3)9(4)5/h8-9H,6-7H2,1-5H3. The molecule has 0 saturated carbocycles. The number of thioether (sulfide) groups is 1. The molecule has 118 valence electrons. The predicted octanol–water partition coefficient (Wildman–Crippen LogP) is 1.98. The van der Waals surface area contributed by atoms with Gasteiger partial charge in [-0.15, -0.1) is 5.10 Å². The summed E-state index contributed by atoms with van der Waals surface area (Å²) in [6.07, 6.45) is 0. The Bertz CT molecular complexity index is 480. The SMILES string of the molecule is CCOC(=O)c1nnc(SCC(=O)N(C(C)C)C(C)C)o1. The molecule has 0 fully saturated rings. The Balaban J connectivity index is 2.59. The first-order valence-corrected chi connectivity index (χ1v) is 7.79. The number of hydrogen-bond acceptors (Lipinski definition) is 7. The zero-order chi connectivity index (χ0) is 16.0. The molecule has 0 radical (unpaired) electrons. The average Bonchev–Trinajstić information content (AvgIpc) is 2.84. The number of hydrogen-bond donors (Lipinski definition) is 0. The van der Waals surface area contributed by atoms with Gasteiger partial charge in [0.25, 0.3) is 5.22 Å². The van der Waals surface area contributed by atoms with E-state index in [0.29, 0.717) is 0 Å². The van der Waals surface area contributed by atoms with Crippen molar-refractivity contribution in [3.05, 3.63) is 5.89 Å². The van der Waals surface area contributed by atoms with Crippen LogP contribution in [0.15, 0.2) is 9.64 Å². The normalized spacial score (nSPS) is 11.0. The molecule has 0 saturated heterocycles. The quantitative estimate of drug-likeness (QED) is 0.561. The van der Waals surface area contributed by atoms with Crippen LogP contribution in [0.3, 0.4) is 0 Å². The molecule has 1 rings (SSSR count). The van der Waals surface area contributed by atoms with Gasteiger partial charge in [0.1, 0.15) is 0 Å². The molecule has 0 spiro atoms. The lowest BCUT2D eigenvalue weighted by Crippen LogP contribution is -2.43. The number of ether oxygens (including phenoxy) is 1. The van der Waals surface area contributed by atoms with Crippen LogP contribution in [0.2, 0.25) is 0 Å². The fourth-order valence-corrected chi connectivity index (χ4v) is 2.55. The van der Waals surface area contributed by atoms with E-state index in [1.165, 1.54) is 0 Å². The van der Waals surface area contributed by atoms with Gasteiger partial charge >= 0.3 is 11.9 Å². The minimum absolute atomic E-state index is 0.0131. The Morgan fingerprint density at radius 3 is 2.38 bits per heavy atom. The molecular formula is C13H21N3O4S. The third-order valence-electron chi connectivity index (χ3n) is 2.58. The minimum atomic E-state index is -0.658. The van der Waals surface area contributed by atoms with Gasteiger partial charge in [-0.3, -0.25) is 4.79 Å². The highest BCUT2D eigenvalue weighted by molar-refractivity contribution is 7.99. The first kappa shape index (κ1) is 17.5. The molecule has 0 atom stereocenters. The monoisotopic (exact) mass is 315 g/mol. The largest absolute Gasteiger partial charge is 0.459 e. The summed E-state index contributed by atoms with van der Waals surface area (Å²) in [7, 11) is 0. The second-order valence-corrected chi connectivity index (χ2v) is 5.80. The molecular weight excluding hydrogens is 294 g/mol. The van der Waals surface area contributed by atoms with E-state index in [1.54, 1.807) is 11.8 Å². The molecule has 0 aliphatic heterocycles. The Labute approximate surface area is 128 Å². The number of esters is 1. The lowest BCUT2D eigenvalue weighted by molar-refractivity contribution is -0.131. The first-order valence-electron chi connectivity index (χ1n) is 6.81. The Kier molecular flexibility index (Phi) is 6.67. The molecule has 1 amide bonds. The zero-order valence-electron chi connectivity index (χ0n) is 13.0.